The van der Waals surface area contributed by atoms with Crippen molar-refractivity contribution in [3.8, 4) is 0 Å². The zero-order chi connectivity index (χ0) is 21.8. The van der Waals surface area contributed by atoms with Crippen LogP contribution in [0, 0.1) is 0 Å². The predicted molar refractivity (Wildman–Crippen MR) is 104 cm³/mol. The van der Waals surface area contributed by atoms with E-state index in [-0.39, 0.29) is 6.54 Å². The summed E-state index contributed by atoms with van der Waals surface area (Å²) < 4.78 is 66.0. The number of rotatable bonds is 7. The van der Waals surface area contributed by atoms with Crippen molar-refractivity contribution < 1.29 is 26.4 Å². The van der Waals surface area contributed by atoms with E-state index < -0.39 is 38.6 Å². The lowest BCUT2D eigenvalue weighted by Crippen LogP contribution is -2.44. The number of hydrogen-bond donors (Lipinski definition) is 2. The molecule has 0 aliphatic carbocycles. The number of amides is 1. The highest BCUT2D eigenvalue weighted by Gasteiger charge is 2.37. The lowest BCUT2D eigenvalue weighted by molar-refractivity contribution is -0.139. The maximum atomic E-state index is 13.1. The number of carbonyl (C=O) groups excluding carboxylic acids is 1. The fraction of sp³-hybridized carbons (Fsp3) is 0.316. The number of anilines is 1. The summed E-state index contributed by atoms with van der Waals surface area (Å²) >= 11 is 0. The zero-order valence-corrected chi connectivity index (χ0v) is 16.9. The van der Waals surface area contributed by atoms with E-state index in [2.05, 4.69) is 5.32 Å². The molecule has 0 saturated heterocycles. The van der Waals surface area contributed by atoms with Crippen molar-refractivity contribution in [3.63, 3.8) is 0 Å². The summed E-state index contributed by atoms with van der Waals surface area (Å²) in [5, 5.41) is 2.56. The molecule has 10 heteroatoms. The maximum Gasteiger partial charge on any atom is 0.417 e. The molecule has 0 bridgehead atoms. The van der Waals surface area contributed by atoms with Crippen molar-refractivity contribution in [2.24, 2.45) is 0 Å². The number of halogens is 3. The molecule has 0 unspecified atom stereocenters. The molecule has 2 aromatic carbocycles. The van der Waals surface area contributed by atoms with Crippen molar-refractivity contribution in [2.45, 2.75) is 30.6 Å². The van der Waals surface area contributed by atoms with Crippen molar-refractivity contribution in [3.05, 3.63) is 59.7 Å². The third-order valence-corrected chi connectivity index (χ3v) is 5.73. The quantitative estimate of drug-likeness (QED) is 0.710. The average molecular weight is 429 g/mol. The summed E-state index contributed by atoms with van der Waals surface area (Å²) in [7, 11) is -0.772. The molecule has 0 heterocycles. The van der Waals surface area contributed by atoms with Gasteiger partial charge in [-0.1, -0.05) is 24.3 Å². The van der Waals surface area contributed by atoms with Gasteiger partial charge in [-0.25, -0.2) is 8.42 Å². The van der Waals surface area contributed by atoms with Gasteiger partial charge in [-0.05, 0) is 36.8 Å². The van der Waals surface area contributed by atoms with Gasteiger partial charge in [0, 0.05) is 26.3 Å². The van der Waals surface area contributed by atoms with Crippen molar-refractivity contribution in [2.75, 3.05) is 19.0 Å². The van der Waals surface area contributed by atoms with E-state index in [4.69, 9.17) is 0 Å². The molecular formula is C19H22F3N3O3S. The summed E-state index contributed by atoms with van der Waals surface area (Å²) in [6.45, 7) is 1.41. The van der Waals surface area contributed by atoms with Crippen LogP contribution in [0.25, 0.3) is 0 Å². The number of sulfonamides is 1. The van der Waals surface area contributed by atoms with E-state index in [9.17, 15) is 26.4 Å². The van der Waals surface area contributed by atoms with Gasteiger partial charge in [0.1, 0.15) is 0 Å². The van der Waals surface area contributed by atoms with Crippen LogP contribution in [0.3, 0.4) is 0 Å². The molecule has 2 N–H and O–H groups in total. The molecule has 0 fully saturated rings. The van der Waals surface area contributed by atoms with E-state index in [0.29, 0.717) is 6.07 Å². The van der Waals surface area contributed by atoms with Gasteiger partial charge in [0.05, 0.1) is 16.5 Å². The standard InChI is InChI=1S/C19H22F3N3O3S/c1-13(18(26)23-12-14-8-10-15(11-9-14)25(2)3)24-29(27,28)17-7-5-4-6-16(17)19(20,21)22/h4-11,13,24H,12H2,1-3H3,(H,23,26)/t13-/m0/s1. The van der Waals surface area contributed by atoms with Crippen LogP contribution in [0.2, 0.25) is 0 Å². The minimum Gasteiger partial charge on any atom is -0.378 e. The summed E-state index contributed by atoms with van der Waals surface area (Å²) in [6, 6.07) is 9.89. The Bertz CT molecular complexity index is 959. The van der Waals surface area contributed by atoms with Crippen LogP contribution in [-0.2, 0) is 27.5 Å². The van der Waals surface area contributed by atoms with Crippen LogP contribution in [-0.4, -0.2) is 34.5 Å². The first-order chi connectivity index (χ1) is 13.4. The molecule has 0 aliphatic rings. The molecule has 0 aromatic heterocycles. The Labute approximate surface area is 167 Å². The first kappa shape index (κ1) is 22.7. The number of hydrogen-bond acceptors (Lipinski definition) is 4. The topological polar surface area (TPSA) is 78.5 Å². The third kappa shape index (κ3) is 5.94. The van der Waals surface area contributed by atoms with Gasteiger partial charge in [0.2, 0.25) is 15.9 Å². The minimum absolute atomic E-state index is 0.151. The molecular weight excluding hydrogens is 407 g/mol. The third-order valence-electron chi connectivity index (χ3n) is 4.13. The summed E-state index contributed by atoms with van der Waals surface area (Å²) in [5.41, 5.74) is 0.479. The highest BCUT2D eigenvalue weighted by molar-refractivity contribution is 7.89. The number of nitrogens with one attached hydrogen (secondary N) is 2. The molecule has 2 rings (SSSR count). The van der Waals surface area contributed by atoms with Gasteiger partial charge in [0.25, 0.3) is 0 Å². The van der Waals surface area contributed by atoms with Crippen LogP contribution >= 0.6 is 0 Å². The summed E-state index contributed by atoms with van der Waals surface area (Å²) in [4.78, 5) is 13.2. The van der Waals surface area contributed by atoms with Crippen LogP contribution in [0.15, 0.2) is 53.4 Å². The van der Waals surface area contributed by atoms with Crippen LogP contribution in [0.1, 0.15) is 18.1 Å². The van der Waals surface area contributed by atoms with Crippen LogP contribution in [0.4, 0.5) is 18.9 Å². The Morgan fingerprint density at radius 3 is 2.21 bits per heavy atom. The summed E-state index contributed by atoms with van der Waals surface area (Å²) in [5.74, 6) is -0.658. The molecule has 0 saturated carbocycles. The first-order valence-corrected chi connectivity index (χ1v) is 10.1. The second kappa shape index (κ2) is 8.83. The Kier molecular flexibility index (Phi) is 6.91. The normalized spacial score (nSPS) is 13.0. The molecule has 6 nitrogen and oxygen atoms in total. The molecule has 29 heavy (non-hydrogen) atoms. The Hall–Kier alpha value is -2.59. The smallest absolute Gasteiger partial charge is 0.378 e. The second-order valence-electron chi connectivity index (χ2n) is 6.62. The van der Waals surface area contributed by atoms with Crippen molar-refractivity contribution >= 4 is 21.6 Å². The molecule has 0 aliphatic heterocycles. The number of nitrogens with zero attached hydrogens (tertiary/aromatic N) is 1. The number of benzene rings is 2. The van der Waals surface area contributed by atoms with Gasteiger partial charge >= 0.3 is 6.18 Å². The Balaban J connectivity index is 2.05. The largest absolute Gasteiger partial charge is 0.417 e. The minimum atomic E-state index is -4.84. The predicted octanol–water partition coefficient (Wildman–Crippen LogP) is 2.75. The Morgan fingerprint density at radius 1 is 1.07 bits per heavy atom. The van der Waals surface area contributed by atoms with Gasteiger partial charge in [-0.2, -0.15) is 17.9 Å². The molecule has 0 radical (unpaired) electrons. The van der Waals surface area contributed by atoms with Crippen LogP contribution < -0.4 is 14.9 Å². The first-order valence-electron chi connectivity index (χ1n) is 8.64. The van der Waals surface area contributed by atoms with E-state index in [0.717, 1.165) is 23.4 Å². The van der Waals surface area contributed by atoms with Crippen molar-refractivity contribution in [1.29, 1.82) is 0 Å². The summed E-state index contributed by atoms with van der Waals surface area (Å²) in [6.07, 6.45) is -4.84. The molecule has 1 atom stereocenters. The molecule has 158 valence electrons. The molecule has 2 aromatic rings. The van der Waals surface area contributed by atoms with E-state index >= 15 is 0 Å². The van der Waals surface area contributed by atoms with Gasteiger partial charge in [-0.3, -0.25) is 4.79 Å². The lowest BCUT2D eigenvalue weighted by Gasteiger charge is -2.17. The fourth-order valence-corrected chi connectivity index (χ4v) is 3.97. The van der Waals surface area contributed by atoms with Gasteiger partial charge in [0.15, 0.2) is 0 Å². The SMILES string of the molecule is C[C@H](NS(=O)(=O)c1ccccc1C(F)(F)F)C(=O)NCc1ccc(N(C)C)cc1. The Morgan fingerprint density at radius 2 is 1.66 bits per heavy atom. The average Bonchev–Trinajstić information content (AvgIpc) is 2.65. The molecule has 0 spiro atoms. The zero-order valence-electron chi connectivity index (χ0n) is 16.1. The molecule has 1 amide bonds. The highest BCUT2D eigenvalue weighted by atomic mass is 32.2. The maximum absolute atomic E-state index is 13.1. The van der Waals surface area contributed by atoms with Gasteiger partial charge < -0.3 is 10.2 Å². The van der Waals surface area contributed by atoms with E-state index in [1.807, 2.05) is 48.0 Å². The van der Waals surface area contributed by atoms with E-state index in [1.165, 1.54) is 13.0 Å². The lowest BCUT2D eigenvalue weighted by atomic mass is 10.2. The van der Waals surface area contributed by atoms with Gasteiger partial charge in [-0.15, -0.1) is 0 Å². The number of alkyl halides is 3. The highest BCUT2D eigenvalue weighted by Crippen LogP contribution is 2.33. The second-order valence-corrected chi connectivity index (χ2v) is 8.30. The van der Waals surface area contributed by atoms with Crippen molar-refractivity contribution in [1.82, 2.24) is 10.0 Å². The fourth-order valence-electron chi connectivity index (χ4n) is 2.54. The monoisotopic (exact) mass is 429 g/mol. The number of carbonyl (C=O) groups is 1. The van der Waals surface area contributed by atoms with E-state index in [1.54, 1.807) is 0 Å². The van der Waals surface area contributed by atoms with Crippen LogP contribution in [0.5, 0.6) is 0 Å².